The molecule has 0 spiro atoms. The molecule has 3 fully saturated rings. The van der Waals surface area contributed by atoms with Crippen molar-refractivity contribution < 1.29 is 28.6 Å². The molecular weight excluding hydrogens is 386 g/mol. The summed E-state index contributed by atoms with van der Waals surface area (Å²) in [7, 11) is 0. The zero-order valence-electron chi connectivity index (χ0n) is 19.0. The first-order valence-electron chi connectivity index (χ1n) is 10.6. The quantitative estimate of drug-likeness (QED) is 0.497. The SMILES string of the molecule is CC(C)(C)CC(C)(C(=O)OCC(=O)OC1C2CC3C1OC(=O)C3(C#N)C2)C(C)(C)C. The Morgan fingerprint density at radius 2 is 1.83 bits per heavy atom. The fraction of sp³-hybridized carbons (Fsp3) is 0.826. The number of carbonyl (C=O) groups excluding carboxylic acids is 3. The highest BCUT2D eigenvalue weighted by molar-refractivity contribution is 5.85. The molecule has 0 amide bonds. The van der Waals surface area contributed by atoms with Gasteiger partial charge in [-0.25, -0.2) is 4.79 Å². The molecule has 1 saturated heterocycles. The Kier molecular flexibility index (Phi) is 5.24. The van der Waals surface area contributed by atoms with Gasteiger partial charge in [-0.1, -0.05) is 41.5 Å². The van der Waals surface area contributed by atoms with Gasteiger partial charge in [0.15, 0.2) is 12.0 Å². The summed E-state index contributed by atoms with van der Waals surface area (Å²) in [6.07, 6.45) is 0.455. The van der Waals surface area contributed by atoms with E-state index in [1.165, 1.54) is 0 Å². The van der Waals surface area contributed by atoms with Gasteiger partial charge in [0.25, 0.3) is 0 Å². The van der Waals surface area contributed by atoms with E-state index in [1.807, 2.05) is 27.7 Å². The number of fused-ring (bicyclic) bond motifs is 1. The predicted molar refractivity (Wildman–Crippen MR) is 107 cm³/mol. The highest BCUT2D eigenvalue weighted by atomic mass is 16.6. The minimum absolute atomic E-state index is 0.0773. The van der Waals surface area contributed by atoms with E-state index in [1.54, 1.807) is 0 Å². The maximum atomic E-state index is 13.0. The van der Waals surface area contributed by atoms with Crippen LogP contribution in [0.3, 0.4) is 0 Å². The first-order valence-corrected chi connectivity index (χ1v) is 10.6. The molecule has 0 radical (unpaired) electrons. The molecule has 7 heteroatoms. The molecule has 166 valence electrons. The molecular formula is C23H33NO6. The molecule has 2 saturated carbocycles. The van der Waals surface area contributed by atoms with E-state index < -0.39 is 47.6 Å². The Bertz CT molecular complexity index is 800. The van der Waals surface area contributed by atoms with Crippen molar-refractivity contribution in [3.05, 3.63) is 0 Å². The highest BCUT2D eigenvalue weighted by Gasteiger charge is 2.72. The average Bonchev–Trinajstić information content (AvgIpc) is 3.19. The molecule has 1 aliphatic heterocycles. The van der Waals surface area contributed by atoms with Crippen molar-refractivity contribution in [3.63, 3.8) is 0 Å². The summed E-state index contributed by atoms with van der Waals surface area (Å²) in [5, 5.41) is 9.46. The number of ether oxygens (including phenoxy) is 3. The Balaban J connectivity index is 1.61. The fourth-order valence-electron chi connectivity index (χ4n) is 5.46. The maximum absolute atomic E-state index is 13.0. The third-order valence-electron chi connectivity index (χ3n) is 7.34. The molecule has 0 aromatic heterocycles. The van der Waals surface area contributed by atoms with Crippen molar-refractivity contribution in [3.8, 4) is 6.07 Å². The van der Waals surface area contributed by atoms with E-state index in [-0.39, 0.29) is 22.7 Å². The van der Waals surface area contributed by atoms with Crippen LogP contribution < -0.4 is 0 Å². The van der Waals surface area contributed by atoms with E-state index in [4.69, 9.17) is 14.2 Å². The summed E-state index contributed by atoms with van der Waals surface area (Å²) < 4.78 is 16.3. The lowest BCUT2D eigenvalue weighted by Gasteiger charge is -2.43. The van der Waals surface area contributed by atoms with Gasteiger partial charge in [0.05, 0.1) is 11.5 Å². The van der Waals surface area contributed by atoms with E-state index in [0.717, 1.165) is 0 Å². The lowest BCUT2D eigenvalue weighted by atomic mass is 9.61. The molecule has 3 rings (SSSR count). The minimum atomic E-state index is -1.08. The standard InChI is InChI=1S/C23H33NO6/c1-20(2,3)11-22(7,21(4,5)6)18(26)28-10-15(25)29-16-13-8-14-17(16)30-19(27)23(14,9-13)12-24/h13-14,16-17H,8-11H2,1-7H3. The molecule has 6 atom stereocenters. The summed E-state index contributed by atoms with van der Waals surface area (Å²) in [6, 6.07) is 2.13. The van der Waals surface area contributed by atoms with E-state index >= 15 is 0 Å². The number of hydrogen-bond acceptors (Lipinski definition) is 7. The van der Waals surface area contributed by atoms with E-state index in [0.29, 0.717) is 19.3 Å². The van der Waals surface area contributed by atoms with Crippen LogP contribution in [0.2, 0.25) is 0 Å². The number of nitrogens with zero attached hydrogens (tertiary/aromatic N) is 1. The summed E-state index contributed by atoms with van der Waals surface area (Å²) in [5.41, 5.74) is -2.30. The van der Waals surface area contributed by atoms with Crippen molar-refractivity contribution in [2.45, 2.75) is 79.9 Å². The lowest BCUT2D eigenvalue weighted by Crippen LogP contribution is -2.45. The topological polar surface area (TPSA) is 103 Å². The molecule has 0 N–H and O–H groups in total. The van der Waals surface area contributed by atoms with Gasteiger partial charge in [-0.15, -0.1) is 0 Å². The Morgan fingerprint density at radius 3 is 2.37 bits per heavy atom. The minimum Gasteiger partial charge on any atom is -0.457 e. The monoisotopic (exact) mass is 419 g/mol. The third-order valence-corrected chi connectivity index (χ3v) is 7.34. The Morgan fingerprint density at radius 1 is 1.20 bits per heavy atom. The highest BCUT2D eigenvalue weighted by Crippen LogP contribution is 2.62. The molecule has 0 aromatic carbocycles. The van der Waals surface area contributed by atoms with Crippen molar-refractivity contribution in [2.24, 2.45) is 33.5 Å². The molecule has 7 nitrogen and oxygen atoms in total. The normalized spacial score (nSPS) is 34.1. The number of carbonyl (C=O) groups is 3. The average molecular weight is 420 g/mol. The second-order valence-corrected chi connectivity index (χ2v) is 11.6. The maximum Gasteiger partial charge on any atom is 0.344 e. The molecule has 6 unspecified atom stereocenters. The third kappa shape index (κ3) is 3.48. The van der Waals surface area contributed by atoms with Crippen LogP contribution in [-0.4, -0.2) is 36.7 Å². The summed E-state index contributed by atoms with van der Waals surface area (Å²) in [6.45, 7) is 13.6. The summed E-state index contributed by atoms with van der Waals surface area (Å²) in [5.74, 6) is -1.89. The zero-order valence-corrected chi connectivity index (χ0v) is 19.0. The lowest BCUT2D eigenvalue weighted by molar-refractivity contribution is -0.177. The molecule has 0 aromatic rings. The van der Waals surface area contributed by atoms with Gasteiger partial charge in [-0.05, 0) is 37.0 Å². The van der Waals surface area contributed by atoms with Crippen molar-refractivity contribution >= 4 is 17.9 Å². The van der Waals surface area contributed by atoms with Crippen LogP contribution in [0.1, 0.15) is 67.7 Å². The van der Waals surface area contributed by atoms with Crippen LogP contribution in [0.25, 0.3) is 0 Å². The van der Waals surface area contributed by atoms with Crippen molar-refractivity contribution in [2.75, 3.05) is 6.61 Å². The van der Waals surface area contributed by atoms with Crippen LogP contribution in [-0.2, 0) is 28.6 Å². The van der Waals surface area contributed by atoms with Gasteiger partial charge in [0.2, 0.25) is 0 Å². The van der Waals surface area contributed by atoms with Gasteiger partial charge in [0.1, 0.15) is 12.2 Å². The van der Waals surface area contributed by atoms with Crippen LogP contribution in [0.5, 0.6) is 0 Å². The second-order valence-electron chi connectivity index (χ2n) is 11.6. The Labute approximate surface area is 178 Å². The molecule has 2 aliphatic carbocycles. The molecule has 2 bridgehead atoms. The largest absolute Gasteiger partial charge is 0.457 e. The number of hydrogen-bond donors (Lipinski definition) is 0. The van der Waals surface area contributed by atoms with Crippen LogP contribution in [0.4, 0.5) is 0 Å². The molecule has 30 heavy (non-hydrogen) atoms. The van der Waals surface area contributed by atoms with Gasteiger partial charge in [0, 0.05) is 11.8 Å². The van der Waals surface area contributed by atoms with Gasteiger partial charge >= 0.3 is 17.9 Å². The van der Waals surface area contributed by atoms with Gasteiger partial charge in [-0.3, -0.25) is 9.59 Å². The van der Waals surface area contributed by atoms with Crippen LogP contribution >= 0.6 is 0 Å². The van der Waals surface area contributed by atoms with Gasteiger partial charge < -0.3 is 14.2 Å². The zero-order chi connectivity index (χ0) is 22.7. The second kappa shape index (κ2) is 6.96. The van der Waals surface area contributed by atoms with Crippen molar-refractivity contribution in [1.29, 1.82) is 5.26 Å². The first-order chi connectivity index (χ1) is 13.6. The summed E-state index contributed by atoms with van der Waals surface area (Å²) in [4.78, 5) is 37.6. The predicted octanol–water partition coefficient (Wildman–Crippen LogP) is 3.41. The number of esters is 3. The Hall–Kier alpha value is -2.10. The van der Waals surface area contributed by atoms with E-state index in [2.05, 4.69) is 26.8 Å². The van der Waals surface area contributed by atoms with Crippen LogP contribution in [0.15, 0.2) is 0 Å². The molecule has 3 aliphatic rings. The van der Waals surface area contributed by atoms with Crippen LogP contribution in [0, 0.1) is 44.8 Å². The number of rotatable bonds is 5. The smallest absolute Gasteiger partial charge is 0.344 e. The summed E-state index contributed by atoms with van der Waals surface area (Å²) >= 11 is 0. The van der Waals surface area contributed by atoms with Gasteiger partial charge in [-0.2, -0.15) is 5.26 Å². The number of nitriles is 1. The first kappa shape index (κ1) is 22.6. The fourth-order valence-corrected chi connectivity index (χ4v) is 5.46. The van der Waals surface area contributed by atoms with E-state index in [9.17, 15) is 19.6 Å². The molecule has 1 heterocycles. The van der Waals surface area contributed by atoms with Crippen molar-refractivity contribution in [1.82, 2.24) is 0 Å².